The van der Waals surface area contributed by atoms with Crippen LogP contribution in [0.25, 0.3) is 5.95 Å². The van der Waals surface area contributed by atoms with Crippen LogP contribution in [0, 0.1) is 0 Å². The number of amides is 2. The molecule has 3 aromatic rings. The molecule has 0 saturated heterocycles. The summed E-state index contributed by atoms with van der Waals surface area (Å²) in [5.74, 6) is 1.24. The van der Waals surface area contributed by atoms with Crippen LogP contribution in [0.3, 0.4) is 0 Å². The Bertz CT molecular complexity index is 1210. The molecule has 0 atom stereocenters. The van der Waals surface area contributed by atoms with Gasteiger partial charge in [-0.3, -0.25) is 15.1 Å². The van der Waals surface area contributed by atoms with E-state index < -0.39 is 6.03 Å². The lowest BCUT2D eigenvalue weighted by Gasteiger charge is -2.16. The number of H-pyrrole nitrogens is 1. The maximum Gasteiger partial charge on any atom is 0.324 e. The molecule has 1 aliphatic carbocycles. The fourth-order valence-electron chi connectivity index (χ4n) is 3.71. The van der Waals surface area contributed by atoms with Gasteiger partial charge in [-0.05, 0) is 37.8 Å². The summed E-state index contributed by atoms with van der Waals surface area (Å²) in [6, 6.07) is 8.47. The van der Waals surface area contributed by atoms with E-state index in [0.29, 0.717) is 23.2 Å². The number of methoxy groups -OCH3 is 1. The predicted octanol–water partition coefficient (Wildman–Crippen LogP) is 3.78. The highest BCUT2D eigenvalue weighted by atomic mass is 16.5. The third-order valence-electron chi connectivity index (χ3n) is 5.45. The van der Waals surface area contributed by atoms with Gasteiger partial charge in [0.1, 0.15) is 11.6 Å². The van der Waals surface area contributed by atoms with Crippen molar-refractivity contribution in [3.8, 4) is 11.7 Å². The lowest BCUT2D eigenvalue weighted by molar-refractivity contribution is 0.262. The van der Waals surface area contributed by atoms with Crippen LogP contribution in [0.2, 0.25) is 0 Å². The van der Waals surface area contributed by atoms with Crippen LogP contribution in [0.4, 0.5) is 16.3 Å². The van der Waals surface area contributed by atoms with E-state index in [1.54, 1.807) is 25.3 Å². The van der Waals surface area contributed by atoms with Crippen LogP contribution < -0.4 is 20.9 Å². The van der Waals surface area contributed by atoms with E-state index in [4.69, 9.17) is 4.74 Å². The molecule has 1 aromatic carbocycles. The maximum atomic E-state index is 12.8. The van der Waals surface area contributed by atoms with Gasteiger partial charge in [0.15, 0.2) is 0 Å². The molecular weight excluding hydrogens is 408 g/mol. The molecule has 2 aromatic heterocycles. The number of nitrogens with one attached hydrogen (secondary N) is 3. The number of ether oxygens (including phenoxy) is 1. The van der Waals surface area contributed by atoms with E-state index in [1.165, 1.54) is 4.68 Å². The molecule has 0 bridgehead atoms. The molecule has 0 unspecified atom stereocenters. The minimum Gasteiger partial charge on any atom is -0.495 e. The molecule has 9 heteroatoms. The van der Waals surface area contributed by atoms with Crippen LogP contribution in [-0.2, 0) is 18.3 Å². The molecular formula is C23H28N6O3. The molecule has 2 heterocycles. The van der Waals surface area contributed by atoms with E-state index in [9.17, 15) is 9.59 Å². The molecule has 0 saturated carbocycles. The Balaban J connectivity index is 1.70. The zero-order valence-corrected chi connectivity index (χ0v) is 18.8. The van der Waals surface area contributed by atoms with Crippen LogP contribution in [-0.4, -0.2) is 32.9 Å². The minimum absolute atomic E-state index is 0.151. The van der Waals surface area contributed by atoms with Crippen molar-refractivity contribution >= 4 is 17.5 Å². The number of anilines is 2. The van der Waals surface area contributed by atoms with Crippen molar-refractivity contribution in [1.82, 2.24) is 19.7 Å². The number of nitrogens with zero attached hydrogens (tertiary/aromatic N) is 3. The zero-order valence-electron chi connectivity index (χ0n) is 18.8. The molecule has 168 valence electrons. The second-order valence-corrected chi connectivity index (χ2v) is 8.88. The van der Waals surface area contributed by atoms with Gasteiger partial charge in [0.25, 0.3) is 5.56 Å². The molecule has 2 amide bonds. The largest absolute Gasteiger partial charge is 0.495 e. The molecule has 0 radical (unpaired) electrons. The summed E-state index contributed by atoms with van der Waals surface area (Å²) in [5.41, 5.74) is 2.41. The third-order valence-corrected chi connectivity index (χ3v) is 5.45. The smallest absolute Gasteiger partial charge is 0.324 e. The lowest BCUT2D eigenvalue weighted by atomic mass is 9.92. The molecule has 1 aliphatic rings. The monoisotopic (exact) mass is 436 g/mol. The van der Waals surface area contributed by atoms with Crippen LogP contribution in [0.1, 0.15) is 50.6 Å². The summed E-state index contributed by atoms with van der Waals surface area (Å²) in [7, 11) is 1.54. The summed E-state index contributed by atoms with van der Waals surface area (Å²) >= 11 is 0. The summed E-state index contributed by atoms with van der Waals surface area (Å²) in [5, 5.41) is 10.3. The topological polar surface area (TPSA) is 114 Å². The lowest BCUT2D eigenvalue weighted by Crippen LogP contribution is -2.26. The Morgan fingerprint density at radius 1 is 1.16 bits per heavy atom. The van der Waals surface area contributed by atoms with Crippen molar-refractivity contribution in [3.05, 3.63) is 57.6 Å². The zero-order chi connectivity index (χ0) is 22.9. The Kier molecular flexibility index (Phi) is 5.73. The van der Waals surface area contributed by atoms with Gasteiger partial charge in [0, 0.05) is 17.0 Å². The molecule has 0 aliphatic heterocycles. The average Bonchev–Trinajstić information content (AvgIpc) is 3.18. The van der Waals surface area contributed by atoms with Crippen molar-refractivity contribution < 1.29 is 9.53 Å². The van der Waals surface area contributed by atoms with Gasteiger partial charge in [-0.15, -0.1) is 0 Å². The first-order chi connectivity index (χ1) is 15.3. The highest BCUT2D eigenvalue weighted by Gasteiger charge is 2.24. The number of fused-ring (bicyclic) bond motifs is 1. The number of rotatable bonds is 4. The van der Waals surface area contributed by atoms with Crippen molar-refractivity contribution in [3.63, 3.8) is 0 Å². The first-order valence-corrected chi connectivity index (χ1v) is 10.7. The molecule has 4 rings (SSSR count). The molecule has 9 nitrogen and oxygen atoms in total. The van der Waals surface area contributed by atoms with Crippen molar-refractivity contribution in [1.29, 1.82) is 0 Å². The number of carbonyl (C=O) groups excluding carboxylic acids is 1. The standard InChI is InChI=1S/C23H28N6O3/c1-23(2,3)18-13-19(26-22(31)25-16-11-7-8-12-17(16)32-4)29(28-18)21-24-15-10-6-5-9-14(15)20(30)27-21/h7-8,11-13H,5-6,9-10H2,1-4H3,(H,24,27,30)(H2,25,26,31). The molecule has 0 spiro atoms. The normalized spacial score (nSPS) is 13.4. The van der Waals surface area contributed by atoms with Gasteiger partial charge in [-0.25, -0.2) is 9.78 Å². The number of hydrogen-bond acceptors (Lipinski definition) is 5. The average molecular weight is 437 g/mol. The molecule has 32 heavy (non-hydrogen) atoms. The van der Waals surface area contributed by atoms with Crippen LogP contribution in [0.5, 0.6) is 5.75 Å². The van der Waals surface area contributed by atoms with E-state index in [-0.39, 0.29) is 11.0 Å². The van der Waals surface area contributed by atoms with E-state index >= 15 is 0 Å². The summed E-state index contributed by atoms with van der Waals surface area (Å²) in [6.07, 6.45) is 3.48. The van der Waals surface area contributed by atoms with E-state index in [1.807, 2.05) is 32.9 Å². The highest BCUT2D eigenvalue weighted by molar-refractivity contribution is 6.00. The SMILES string of the molecule is COc1ccccc1NC(=O)Nc1cc(C(C)(C)C)nn1-c1nc2c(c(=O)[nH]1)CCCC2. The van der Waals surface area contributed by atoms with E-state index in [2.05, 4.69) is 25.7 Å². The Morgan fingerprint density at radius 2 is 1.91 bits per heavy atom. The number of carbonyl (C=O) groups is 1. The number of aryl methyl sites for hydroxylation is 1. The number of benzene rings is 1. The van der Waals surface area contributed by atoms with Gasteiger partial charge in [-0.1, -0.05) is 32.9 Å². The molecule has 3 N–H and O–H groups in total. The van der Waals surface area contributed by atoms with Crippen molar-refractivity contribution in [2.24, 2.45) is 0 Å². The fourth-order valence-corrected chi connectivity index (χ4v) is 3.71. The third kappa shape index (κ3) is 4.37. The van der Waals surface area contributed by atoms with Gasteiger partial charge >= 0.3 is 6.03 Å². The first-order valence-electron chi connectivity index (χ1n) is 10.7. The second kappa shape index (κ2) is 8.49. The second-order valence-electron chi connectivity index (χ2n) is 8.88. The number of urea groups is 1. The number of aromatic nitrogens is 4. The van der Waals surface area contributed by atoms with Crippen LogP contribution in [0.15, 0.2) is 35.1 Å². The Morgan fingerprint density at radius 3 is 2.66 bits per heavy atom. The molecule has 0 fully saturated rings. The van der Waals surface area contributed by atoms with Crippen LogP contribution >= 0.6 is 0 Å². The minimum atomic E-state index is -0.462. The first kappa shape index (κ1) is 21.6. The summed E-state index contributed by atoms with van der Waals surface area (Å²) in [4.78, 5) is 32.9. The predicted molar refractivity (Wildman–Crippen MR) is 123 cm³/mol. The van der Waals surface area contributed by atoms with E-state index in [0.717, 1.165) is 42.6 Å². The number of aromatic amines is 1. The fraction of sp³-hybridized carbons (Fsp3) is 0.391. The summed E-state index contributed by atoms with van der Waals surface area (Å²) in [6.45, 7) is 6.09. The Labute approximate surface area is 186 Å². The number of hydrogen-bond donors (Lipinski definition) is 3. The van der Waals surface area contributed by atoms with Crippen molar-refractivity contribution in [2.75, 3.05) is 17.7 Å². The summed E-state index contributed by atoms with van der Waals surface area (Å²) < 4.78 is 6.78. The highest BCUT2D eigenvalue weighted by Crippen LogP contribution is 2.27. The maximum absolute atomic E-state index is 12.8. The number of para-hydroxylation sites is 2. The van der Waals surface area contributed by atoms with Gasteiger partial charge in [0.05, 0.1) is 24.2 Å². The van der Waals surface area contributed by atoms with Gasteiger partial charge in [0.2, 0.25) is 5.95 Å². The quantitative estimate of drug-likeness (QED) is 0.576. The van der Waals surface area contributed by atoms with Gasteiger partial charge in [-0.2, -0.15) is 9.78 Å². The van der Waals surface area contributed by atoms with Crippen molar-refractivity contribution in [2.45, 2.75) is 51.9 Å². The van der Waals surface area contributed by atoms with Gasteiger partial charge < -0.3 is 10.1 Å². The Hall–Kier alpha value is -3.62.